The number of rotatable bonds is 5. The van der Waals surface area contributed by atoms with Crippen LogP contribution in [-0.4, -0.2) is 26.3 Å². The van der Waals surface area contributed by atoms with Crippen molar-refractivity contribution < 1.29 is 22.7 Å². The predicted octanol–water partition coefficient (Wildman–Crippen LogP) is 2.26. The third-order valence-corrected chi connectivity index (χ3v) is 2.09. The van der Waals surface area contributed by atoms with Crippen LogP contribution in [0.2, 0.25) is 0 Å². The summed E-state index contributed by atoms with van der Waals surface area (Å²) in [6.45, 7) is 0.796. The molecule has 0 aromatic heterocycles. The fourth-order valence-electron chi connectivity index (χ4n) is 1.21. The van der Waals surface area contributed by atoms with Crippen molar-refractivity contribution in [1.29, 1.82) is 0 Å². The fourth-order valence-corrected chi connectivity index (χ4v) is 1.21. The number of anilines is 1. The van der Waals surface area contributed by atoms with Crippen molar-refractivity contribution in [3.8, 4) is 0 Å². The van der Waals surface area contributed by atoms with Gasteiger partial charge in [-0.25, -0.2) is 18.0 Å². The van der Waals surface area contributed by atoms with Crippen LogP contribution >= 0.6 is 0 Å². The summed E-state index contributed by atoms with van der Waals surface area (Å²) in [5.74, 6) is -4.35. The van der Waals surface area contributed by atoms with Crippen molar-refractivity contribution in [3.05, 3.63) is 29.6 Å². The van der Waals surface area contributed by atoms with E-state index >= 15 is 0 Å². The standard InChI is InChI=1S/C11H13F3N2O2/c1-18-6-2-5-15-11(17)16-8-4-3-7(12)9(13)10(8)14/h3-4H,2,5-6H2,1H3,(H2,15,16,17). The number of benzene rings is 1. The van der Waals surface area contributed by atoms with Gasteiger partial charge >= 0.3 is 6.03 Å². The summed E-state index contributed by atoms with van der Waals surface area (Å²) in [5.41, 5.74) is -0.418. The van der Waals surface area contributed by atoms with E-state index in [-0.39, 0.29) is 0 Å². The predicted molar refractivity (Wildman–Crippen MR) is 59.8 cm³/mol. The Balaban J connectivity index is 2.52. The minimum absolute atomic E-state index is 0.324. The summed E-state index contributed by atoms with van der Waals surface area (Å²) in [4.78, 5) is 11.3. The fraction of sp³-hybridized carbons (Fsp3) is 0.364. The normalized spacial score (nSPS) is 10.2. The molecule has 0 aliphatic rings. The van der Waals surface area contributed by atoms with Crippen molar-refractivity contribution in [3.63, 3.8) is 0 Å². The number of urea groups is 1. The number of ether oxygens (including phenoxy) is 1. The zero-order valence-electron chi connectivity index (χ0n) is 9.73. The number of nitrogens with one attached hydrogen (secondary N) is 2. The van der Waals surface area contributed by atoms with Crippen LogP contribution in [0.4, 0.5) is 23.7 Å². The molecule has 1 aromatic carbocycles. The lowest BCUT2D eigenvalue weighted by Crippen LogP contribution is -2.30. The second-order valence-electron chi connectivity index (χ2n) is 3.45. The zero-order valence-corrected chi connectivity index (χ0v) is 9.73. The quantitative estimate of drug-likeness (QED) is 0.631. The SMILES string of the molecule is COCCCNC(=O)Nc1ccc(F)c(F)c1F. The van der Waals surface area contributed by atoms with Crippen molar-refractivity contribution in [2.45, 2.75) is 6.42 Å². The molecule has 0 spiro atoms. The molecular weight excluding hydrogens is 249 g/mol. The summed E-state index contributed by atoms with van der Waals surface area (Å²) in [6, 6.07) is 0.984. The van der Waals surface area contributed by atoms with Crippen LogP contribution in [0.3, 0.4) is 0 Å². The van der Waals surface area contributed by atoms with Crippen LogP contribution in [0, 0.1) is 17.5 Å². The molecule has 2 amide bonds. The van der Waals surface area contributed by atoms with Gasteiger partial charge in [-0.15, -0.1) is 0 Å². The summed E-state index contributed by atoms with van der Waals surface area (Å²) in [7, 11) is 1.52. The molecule has 0 aliphatic heterocycles. The molecule has 0 heterocycles. The number of hydrogen-bond acceptors (Lipinski definition) is 2. The number of halogens is 3. The first-order valence-electron chi connectivity index (χ1n) is 5.23. The lowest BCUT2D eigenvalue weighted by atomic mass is 10.3. The molecule has 100 valence electrons. The van der Waals surface area contributed by atoms with Crippen LogP contribution in [0.5, 0.6) is 0 Å². The molecule has 0 radical (unpaired) electrons. The van der Waals surface area contributed by atoms with E-state index in [1.165, 1.54) is 7.11 Å². The summed E-state index contributed by atoms with van der Waals surface area (Å²) in [6.07, 6.45) is 0.587. The largest absolute Gasteiger partial charge is 0.385 e. The molecule has 0 bridgehead atoms. The lowest BCUT2D eigenvalue weighted by Gasteiger charge is -2.08. The number of amides is 2. The molecule has 0 fully saturated rings. The summed E-state index contributed by atoms with van der Waals surface area (Å²) < 4.78 is 43.4. The Morgan fingerprint density at radius 3 is 2.67 bits per heavy atom. The van der Waals surface area contributed by atoms with Crippen molar-refractivity contribution in [1.82, 2.24) is 5.32 Å². The van der Waals surface area contributed by atoms with Crippen LogP contribution in [0.15, 0.2) is 12.1 Å². The molecule has 1 aromatic rings. The molecule has 7 heteroatoms. The van der Waals surface area contributed by atoms with Gasteiger partial charge in [0, 0.05) is 20.3 Å². The Bertz CT molecular complexity index is 427. The third-order valence-electron chi connectivity index (χ3n) is 2.09. The van der Waals surface area contributed by atoms with Crippen molar-refractivity contribution in [2.24, 2.45) is 0 Å². The number of carbonyl (C=O) groups is 1. The minimum atomic E-state index is -1.62. The molecule has 1 rings (SSSR count). The zero-order chi connectivity index (χ0) is 13.5. The van der Waals surface area contributed by atoms with Gasteiger partial charge < -0.3 is 15.4 Å². The highest BCUT2D eigenvalue weighted by Gasteiger charge is 2.14. The van der Waals surface area contributed by atoms with Crippen LogP contribution < -0.4 is 10.6 Å². The maximum atomic E-state index is 13.2. The maximum Gasteiger partial charge on any atom is 0.319 e. The smallest absolute Gasteiger partial charge is 0.319 e. The number of methoxy groups -OCH3 is 1. The molecule has 18 heavy (non-hydrogen) atoms. The highest BCUT2D eigenvalue weighted by molar-refractivity contribution is 5.89. The van der Waals surface area contributed by atoms with E-state index in [1.54, 1.807) is 0 Å². The Hall–Kier alpha value is -1.76. The van der Waals surface area contributed by atoms with Gasteiger partial charge in [-0.3, -0.25) is 0 Å². The van der Waals surface area contributed by atoms with Crippen LogP contribution in [0.25, 0.3) is 0 Å². The van der Waals surface area contributed by atoms with E-state index in [9.17, 15) is 18.0 Å². The van der Waals surface area contributed by atoms with Crippen LogP contribution in [-0.2, 0) is 4.74 Å². The number of carbonyl (C=O) groups excluding carboxylic acids is 1. The maximum absolute atomic E-state index is 13.2. The Labute approximate surface area is 102 Å². The monoisotopic (exact) mass is 262 g/mol. The molecule has 4 nitrogen and oxygen atoms in total. The molecule has 0 saturated heterocycles. The average molecular weight is 262 g/mol. The van der Waals surface area contributed by atoms with E-state index in [0.29, 0.717) is 19.6 Å². The van der Waals surface area contributed by atoms with Gasteiger partial charge in [0.1, 0.15) is 0 Å². The van der Waals surface area contributed by atoms with Gasteiger partial charge in [-0.1, -0.05) is 0 Å². The van der Waals surface area contributed by atoms with E-state index < -0.39 is 29.2 Å². The van der Waals surface area contributed by atoms with Gasteiger partial charge in [-0.05, 0) is 18.6 Å². The first kappa shape index (κ1) is 14.3. The minimum Gasteiger partial charge on any atom is -0.385 e. The first-order valence-corrected chi connectivity index (χ1v) is 5.23. The van der Waals surface area contributed by atoms with E-state index in [1.807, 2.05) is 0 Å². The molecule has 0 aliphatic carbocycles. The lowest BCUT2D eigenvalue weighted by molar-refractivity contribution is 0.194. The van der Waals surface area contributed by atoms with Gasteiger partial charge in [-0.2, -0.15) is 0 Å². The molecular formula is C11H13F3N2O2. The molecule has 0 saturated carbocycles. The van der Waals surface area contributed by atoms with Gasteiger partial charge in [0.2, 0.25) is 0 Å². The average Bonchev–Trinajstić information content (AvgIpc) is 2.35. The van der Waals surface area contributed by atoms with Crippen molar-refractivity contribution in [2.75, 3.05) is 25.6 Å². The van der Waals surface area contributed by atoms with E-state index in [0.717, 1.165) is 12.1 Å². The van der Waals surface area contributed by atoms with Crippen molar-refractivity contribution >= 4 is 11.7 Å². The highest BCUT2D eigenvalue weighted by atomic mass is 19.2. The van der Waals surface area contributed by atoms with Crippen LogP contribution in [0.1, 0.15) is 6.42 Å². The van der Waals surface area contributed by atoms with E-state index in [2.05, 4.69) is 10.6 Å². The topological polar surface area (TPSA) is 50.4 Å². The van der Waals surface area contributed by atoms with Gasteiger partial charge in [0.15, 0.2) is 17.5 Å². The Kier molecular flexibility index (Phi) is 5.44. The molecule has 2 N–H and O–H groups in total. The highest BCUT2D eigenvalue weighted by Crippen LogP contribution is 2.19. The molecule has 0 atom stereocenters. The Morgan fingerprint density at radius 1 is 1.28 bits per heavy atom. The van der Waals surface area contributed by atoms with E-state index in [4.69, 9.17) is 4.74 Å². The summed E-state index contributed by atoms with van der Waals surface area (Å²) in [5, 5.41) is 4.50. The Morgan fingerprint density at radius 2 is 2.00 bits per heavy atom. The first-order chi connectivity index (χ1) is 8.56. The third kappa shape index (κ3) is 3.92. The number of hydrogen-bond donors (Lipinski definition) is 2. The van der Waals surface area contributed by atoms with Gasteiger partial charge in [0.25, 0.3) is 0 Å². The second kappa shape index (κ2) is 6.85. The second-order valence-corrected chi connectivity index (χ2v) is 3.45. The molecule has 0 unspecified atom stereocenters. The van der Waals surface area contributed by atoms with Gasteiger partial charge in [0.05, 0.1) is 5.69 Å². The summed E-state index contributed by atoms with van der Waals surface area (Å²) >= 11 is 0.